The van der Waals surface area contributed by atoms with E-state index in [1.165, 1.54) is 18.5 Å². The largest absolute Gasteiger partial charge is 0.389 e. The average Bonchev–Trinajstić information content (AvgIpc) is 3.09. The first-order chi connectivity index (χ1) is 8.09. The normalized spacial score (nSPS) is 17.2. The van der Waals surface area contributed by atoms with Crippen LogP contribution in [0.1, 0.15) is 45.3 Å². The van der Waals surface area contributed by atoms with Gasteiger partial charge in [-0.05, 0) is 45.6 Å². The van der Waals surface area contributed by atoms with Crippen LogP contribution in [0.4, 0.5) is 5.69 Å². The van der Waals surface area contributed by atoms with Gasteiger partial charge in [-0.3, -0.25) is 0 Å². The molecule has 0 aliphatic heterocycles. The van der Waals surface area contributed by atoms with E-state index in [4.69, 9.17) is 0 Å². The second kappa shape index (κ2) is 5.09. The Labute approximate surface area is 104 Å². The summed E-state index contributed by atoms with van der Waals surface area (Å²) in [6, 6.07) is 8.70. The molecule has 0 heterocycles. The first kappa shape index (κ1) is 12.4. The average molecular weight is 233 g/mol. The highest BCUT2D eigenvalue weighted by Crippen LogP contribution is 2.34. The van der Waals surface area contributed by atoms with Crippen molar-refractivity contribution in [2.45, 2.75) is 45.8 Å². The van der Waals surface area contributed by atoms with Crippen molar-refractivity contribution in [1.82, 2.24) is 0 Å². The second-order valence-corrected chi connectivity index (χ2v) is 5.42. The van der Waals surface area contributed by atoms with E-state index in [1.54, 1.807) is 0 Å². The fourth-order valence-corrected chi connectivity index (χ4v) is 2.27. The molecule has 0 radical (unpaired) electrons. The number of nitrogens with zero attached hydrogens (tertiary/aromatic N) is 1. The minimum absolute atomic E-state index is 0.397. The van der Waals surface area contributed by atoms with Crippen LogP contribution in [0.15, 0.2) is 24.3 Å². The van der Waals surface area contributed by atoms with Crippen molar-refractivity contribution < 1.29 is 5.11 Å². The number of hydrogen-bond donors (Lipinski definition) is 1. The lowest BCUT2D eigenvalue weighted by Gasteiger charge is -2.31. The summed E-state index contributed by atoms with van der Waals surface area (Å²) < 4.78 is 0. The topological polar surface area (TPSA) is 23.5 Å². The van der Waals surface area contributed by atoms with Crippen molar-refractivity contribution in [2.75, 3.05) is 11.4 Å². The summed E-state index contributed by atoms with van der Waals surface area (Å²) in [5, 5.41) is 9.86. The van der Waals surface area contributed by atoms with Crippen molar-refractivity contribution in [2.24, 2.45) is 5.92 Å². The highest BCUT2D eigenvalue weighted by molar-refractivity contribution is 5.55. The summed E-state index contributed by atoms with van der Waals surface area (Å²) in [6.45, 7) is 7.41. The molecule has 17 heavy (non-hydrogen) atoms. The minimum Gasteiger partial charge on any atom is -0.389 e. The fourth-order valence-electron chi connectivity index (χ4n) is 2.27. The molecule has 1 atom stereocenters. The Balaban J connectivity index is 2.27. The molecule has 0 saturated heterocycles. The Morgan fingerprint density at radius 2 is 1.88 bits per heavy atom. The molecule has 1 aromatic carbocycles. The third-order valence-corrected chi connectivity index (χ3v) is 3.47. The highest BCUT2D eigenvalue weighted by Gasteiger charge is 2.26. The number of para-hydroxylation sites is 1. The van der Waals surface area contributed by atoms with Gasteiger partial charge in [0.2, 0.25) is 0 Å². The van der Waals surface area contributed by atoms with Gasteiger partial charge in [0.15, 0.2) is 0 Å². The van der Waals surface area contributed by atoms with Gasteiger partial charge < -0.3 is 10.0 Å². The quantitative estimate of drug-likeness (QED) is 0.843. The molecule has 1 unspecified atom stereocenters. The van der Waals surface area contributed by atoms with Crippen molar-refractivity contribution >= 4 is 5.69 Å². The third kappa shape index (κ3) is 3.01. The molecule has 2 rings (SSSR count). The maximum absolute atomic E-state index is 9.86. The molecule has 0 amide bonds. The Morgan fingerprint density at radius 3 is 2.41 bits per heavy atom. The zero-order valence-corrected chi connectivity index (χ0v) is 11.1. The summed E-state index contributed by atoms with van der Waals surface area (Å²) >= 11 is 0. The first-order valence-corrected chi connectivity index (χ1v) is 6.63. The van der Waals surface area contributed by atoms with Crippen molar-refractivity contribution in [3.05, 3.63) is 29.8 Å². The Hall–Kier alpha value is -1.02. The van der Waals surface area contributed by atoms with Gasteiger partial charge >= 0.3 is 0 Å². The van der Waals surface area contributed by atoms with E-state index in [2.05, 4.69) is 30.9 Å². The van der Waals surface area contributed by atoms with Crippen molar-refractivity contribution in [3.8, 4) is 0 Å². The van der Waals surface area contributed by atoms with Crippen molar-refractivity contribution in [3.63, 3.8) is 0 Å². The number of rotatable bonds is 5. The van der Waals surface area contributed by atoms with E-state index in [1.807, 2.05) is 19.1 Å². The first-order valence-electron chi connectivity index (χ1n) is 6.63. The Kier molecular flexibility index (Phi) is 3.72. The summed E-state index contributed by atoms with van der Waals surface area (Å²) in [6.07, 6.45) is 2.33. The van der Waals surface area contributed by atoms with Crippen LogP contribution in [0.2, 0.25) is 0 Å². The lowest BCUT2D eigenvalue weighted by Crippen LogP contribution is -2.33. The zero-order valence-electron chi connectivity index (χ0n) is 11.1. The van der Waals surface area contributed by atoms with Crippen LogP contribution in [0.3, 0.4) is 0 Å². The molecule has 0 aromatic heterocycles. The zero-order chi connectivity index (χ0) is 12.4. The molecular formula is C15H23NO. The molecule has 1 aliphatic carbocycles. The maximum Gasteiger partial charge on any atom is 0.0781 e. The number of aliphatic hydroxyl groups excluding tert-OH is 1. The van der Waals surface area contributed by atoms with Crippen LogP contribution in [0, 0.1) is 5.92 Å². The molecule has 2 heteroatoms. The number of benzene rings is 1. The van der Waals surface area contributed by atoms with E-state index in [0.717, 1.165) is 18.0 Å². The van der Waals surface area contributed by atoms with Gasteiger partial charge in [0.25, 0.3) is 0 Å². The van der Waals surface area contributed by atoms with E-state index < -0.39 is 6.10 Å². The standard InChI is InChI=1S/C15H23NO/c1-11(2)16(10-13-8-9-13)15-7-5-4-6-14(15)12(3)17/h4-7,11-13,17H,8-10H2,1-3H3. The lowest BCUT2D eigenvalue weighted by atomic mass is 10.1. The molecule has 94 valence electrons. The smallest absolute Gasteiger partial charge is 0.0781 e. The molecule has 1 N–H and O–H groups in total. The molecule has 1 saturated carbocycles. The molecule has 2 nitrogen and oxygen atoms in total. The fraction of sp³-hybridized carbons (Fsp3) is 0.600. The molecule has 0 spiro atoms. The van der Waals surface area contributed by atoms with Gasteiger partial charge in [-0.15, -0.1) is 0 Å². The van der Waals surface area contributed by atoms with Crippen LogP contribution >= 0.6 is 0 Å². The predicted octanol–water partition coefficient (Wildman–Crippen LogP) is 3.36. The van der Waals surface area contributed by atoms with Crippen molar-refractivity contribution in [1.29, 1.82) is 0 Å². The molecule has 1 aliphatic rings. The van der Waals surface area contributed by atoms with E-state index >= 15 is 0 Å². The maximum atomic E-state index is 9.86. The Bertz CT molecular complexity index is 369. The summed E-state index contributed by atoms with van der Waals surface area (Å²) in [5.74, 6) is 0.861. The van der Waals surface area contributed by atoms with E-state index in [0.29, 0.717) is 6.04 Å². The SMILES string of the molecule is CC(O)c1ccccc1N(CC1CC1)C(C)C. The van der Waals surface area contributed by atoms with Crippen LogP contribution in [-0.2, 0) is 0 Å². The molecule has 1 fully saturated rings. The number of aliphatic hydroxyl groups is 1. The molecule has 0 bridgehead atoms. The third-order valence-electron chi connectivity index (χ3n) is 3.47. The van der Waals surface area contributed by atoms with Gasteiger partial charge in [0.05, 0.1) is 6.10 Å². The number of hydrogen-bond acceptors (Lipinski definition) is 2. The molecule has 1 aromatic rings. The van der Waals surface area contributed by atoms with Gasteiger partial charge in [0, 0.05) is 23.8 Å². The summed E-state index contributed by atoms with van der Waals surface area (Å²) in [5.41, 5.74) is 2.24. The Morgan fingerprint density at radius 1 is 1.24 bits per heavy atom. The predicted molar refractivity (Wildman–Crippen MR) is 72.3 cm³/mol. The lowest BCUT2D eigenvalue weighted by molar-refractivity contribution is 0.199. The highest BCUT2D eigenvalue weighted by atomic mass is 16.3. The summed E-state index contributed by atoms with van der Waals surface area (Å²) in [7, 11) is 0. The van der Waals surface area contributed by atoms with Gasteiger partial charge in [-0.1, -0.05) is 18.2 Å². The minimum atomic E-state index is -0.397. The van der Waals surface area contributed by atoms with Crippen LogP contribution in [-0.4, -0.2) is 17.7 Å². The second-order valence-electron chi connectivity index (χ2n) is 5.42. The van der Waals surface area contributed by atoms with Gasteiger partial charge in [-0.2, -0.15) is 0 Å². The van der Waals surface area contributed by atoms with E-state index in [9.17, 15) is 5.11 Å². The van der Waals surface area contributed by atoms with Crippen LogP contribution in [0.25, 0.3) is 0 Å². The summed E-state index contributed by atoms with van der Waals surface area (Å²) in [4.78, 5) is 2.43. The molecular weight excluding hydrogens is 210 g/mol. The van der Waals surface area contributed by atoms with Gasteiger partial charge in [-0.25, -0.2) is 0 Å². The van der Waals surface area contributed by atoms with Crippen LogP contribution < -0.4 is 4.90 Å². The number of anilines is 1. The van der Waals surface area contributed by atoms with Gasteiger partial charge in [0.1, 0.15) is 0 Å². The van der Waals surface area contributed by atoms with E-state index in [-0.39, 0.29) is 0 Å². The van der Waals surface area contributed by atoms with Crippen LogP contribution in [0.5, 0.6) is 0 Å². The monoisotopic (exact) mass is 233 g/mol.